The average Bonchev–Trinajstić information content (AvgIpc) is 2.20. The zero-order valence-electron chi connectivity index (χ0n) is 8.90. The topological polar surface area (TPSA) is 26.0 Å². The Morgan fingerprint density at radius 3 is 2.57 bits per heavy atom. The van der Waals surface area contributed by atoms with E-state index >= 15 is 0 Å². The molecule has 0 aromatic heterocycles. The molecular weight excluding hydrogens is 297 g/mol. The van der Waals surface area contributed by atoms with Crippen molar-refractivity contribution >= 4 is 36.0 Å². The van der Waals surface area contributed by atoms with Crippen LogP contribution in [0.5, 0.6) is 0 Å². The minimum atomic E-state index is -1.57. The molecule has 78 valence electrons. The van der Waals surface area contributed by atoms with Crippen molar-refractivity contribution in [2.45, 2.75) is 24.3 Å². The van der Waals surface area contributed by atoms with Crippen LogP contribution in [0.15, 0.2) is 24.3 Å². The first-order chi connectivity index (χ1) is 6.70. The normalized spacial score (nSPS) is 15.1. The number of nitrogens with two attached hydrogens (primary N) is 1. The van der Waals surface area contributed by atoms with Crippen molar-refractivity contribution in [1.82, 2.24) is 0 Å². The first-order valence-corrected chi connectivity index (χ1v) is 12.1. The second-order valence-corrected chi connectivity index (χ2v) is 15.3. The van der Waals surface area contributed by atoms with Crippen LogP contribution >= 0.6 is 12.6 Å². The first-order valence-electron chi connectivity index (χ1n) is 5.16. The molecule has 0 saturated heterocycles. The Labute approximate surface area is 99.2 Å². The van der Waals surface area contributed by atoms with Crippen LogP contribution in [-0.2, 0) is 0 Å². The molecule has 2 unspecified atom stereocenters. The van der Waals surface area contributed by atoms with Gasteiger partial charge in [-0.15, -0.1) is 0 Å². The van der Waals surface area contributed by atoms with Crippen LogP contribution in [0.3, 0.4) is 0 Å². The molecule has 0 bridgehead atoms. The van der Waals surface area contributed by atoms with Gasteiger partial charge in [-0.05, 0) is 0 Å². The van der Waals surface area contributed by atoms with E-state index in [4.69, 9.17) is 5.73 Å². The van der Waals surface area contributed by atoms with Gasteiger partial charge in [0.2, 0.25) is 0 Å². The van der Waals surface area contributed by atoms with Crippen molar-refractivity contribution in [3.8, 4) is 0 Å². The summed E-state index contributed by atoms with van der Waals surface area (Å²) >= 11 is 2.90. The Morgan fingerprint density at radius 2 is 2.07 bits per heavy atom. The number of rotatable bonds is 4. The molecule has 0 aliphatic carbocycles. The molecule has 0 fully saturated rings. The molecule has 1 aromatic carbocycles. The third kappa shape index (κ3) is 2.91. The fourth-order valence-electron chi connectivity index (χ4n) is 1.74. The Morgan fingerprint density at radius 1 is 1.43 bits per heavy atom. The molecule has 0 heterocycles. The molecule has 1 rings (SSSR count). The molecule has 0 spiro atoms. The van der Waals surface area contributed by atoms with Gasteiger partial charge in [0.05, 0.1) is 0 Å². The van der Waals surface area contributed by atoms with Crippen LogP contribution in [0, 0.1) is 0 Å². The fourth-order valence-corrected chi connectivity index (χ4v) is 10.8. The van der Waals surface area contributed by atoms with Crippen LogP contribution in [0.1, 0.15) is 25.5 Å². The van der Waals surface area contributed by atoms with Gasteiger partial charge in [0.25, 0.3) is 0 Å². The van der Waals surface area contributed by atoms with Gasteiger partial charge in [-0.1, -0.05) is 0 Å². The van der Waals surface area contributed by atoms with Gasteiger partial charge >= 0.3 is 99.6 Å². The Kier molecular flexibility index (Phi) is 5.34. The third-order valence-corrected chi connectivity index (χ3v) is 13.7. The zero-order chi connectivity index (χ0) is 10.6. The van der Waals surface area contributed by atoms with Crippen LogP contribution < -0.4 is 9.31 Å². The van der Waals surface area contributed by atoms with E-state index in [2.05, 4.69) is 50.7 Å². The second kappa shape index (κ2) is 6.03. The van der Waals surface area contributed by atoms with E-state index < -0.39 is 19.8 Å². The summed E-state index contributed by atoms with van der Waals surface area (Å²) in [5, 5.41) is 0. The van der Waals surface area contributed by atoms with Crippen LogP contribution in [0.4, 0.5) is 0 Å². The van der Waals surface area contributed by atoms with E-state index in [1.54, 1.807) is 3.58 Å². The molecule has 3 heteroatoms. The SMILES string of the molecule is C[CH2][SnH]([CH2]S)[c]1ccccc1C(C)N. The molecule has 1 aromatic rings. The number of thiol groups is 1. The van der Waals surface area contributed by atoms with Gasteiger partial charge in [0.15, 0.2) is 0 Å². The molecule has 1 nitrogen and oxygen atoms in total. The number of hydrogen-bond acceptors (Lipinski definition) is 2. The third-order valence-electron chi connectivity index (χ3n) is 2.64. The van der Waals surface area contributed by atoms with Crippen LogP contribution in [0.2, 0.25) is 4.44 Å². The summed E-state index contributed by atoms with van der Waals surface area (Å²) in [7, 11) is 0. The van der Waals surface area contributed by atoms with E-state index in [1.807, 2.05) is 0 Å². The van der Waals surface area contributed by atoms with Crippen molar-refractivity contribution in [3.63, 3.8) is 0 Å². The molecule has 0 radical (unpaired) electrons. The number of hydrogen-bond donors (Lipinski definition) is 2. The summed E-state index contributed by atoms with van der Waals surface area (Å²) in [4.78, 5) is 0. The monoisotopic (exact) mass is 317 g/mol. The van der Waals surface area contributed by atoms with Crippen LogP contribution in [0.25, 0.3) is 0 Å². The Bertz CT molecular complexity index is 284. The van der Waals surface area contributed by atoms with Crippen molar-refractivity contribution in [3.05, 3.63) is 29.8 Å². The molecule has 0 amide bonds. The van der Waals surface area contributed by atoms with E-state index in [0.717, 1.165) is 3.77 Å². The summed E-state index contributed by atoms with van der Waals surface area (Å²) in [6.07, 6.45) is 0. The average molecular weight is 316 g/mol. The van der Waals surface area contributed by atoms with Gasteiger partial charge in [-0.25, -0.2) is 0 Å². The zero-order valence-corrected chi connectivity index (χ0v) is 13.1. The predicted molar refractivity (Wildman–Crippen MR) is 70.2 cm³/mol. The number of benzene rings is 1. The Hall–Kier alpha value is 0.329. The van der Waals surface area contributed by atoms with Crippen molar-refractivity contribution in [2.24, 2.45) is 5.73 Å². The molecule has 14 heavy (non-hydrogen) atoms. The molecule has 2 atom stereocenters. The van der Waals surface area contributed by atoms with Gasteiger partial charge in [-0.2, -0.15) is 0 Å². The molecule has 0 saturated carbocycles. The summed E-state index contributed by atoms with van der Waals surface area (Å²) < 4.78 is 4.00. The summed E-state index contributed by atoms with van der Waals surface area (Å²) in [6, 6.07) is 8.81. The second-order valence-electron chi connectivity index (χ2n) is 3.71. The first kappa shape index (κ1) is 12.4. The quantitative estimate of drug-likeness (QED) is 0.641. The van der Waals surface area contributed by atoms with E-state index in [1.165, 1.54) is 10.0 Å². The summed E-state index contributed by atoms with van der Waals surface area (Å²) in [5.41, 5.74) is 7.32. The van der Waals surface area contributed by atoms with E-state index in [0.29, 0.717) is 0 Å². The molecule has 0 aliphatic rings. The van der Waals surface area contributed by atoms with Crippen molar-refractivity contribution in [2.75, 3.05) is 3.77 Å². The van der Waals surface area contributed by atoms with E-state index in [9.17, 15) is 0 Å². The van der Waals surface area contributed by atoms with Gasteiger partial charge in [-0.3, -0.25) is 0 Å². The van der Waals surface area contributed by atoms with Crippen molar-refractivity contribution in [1.29, 1.82) is 0 Å². The standard InChI is InChI=1S/C8H10N.C2H5.CH3S.Sn.H/c1-7(9)8-5-3-2-4-6-8;2*1-2;;/h2-5,7H,9H2,1H3;1H2,2H3;2H,1H2;;. The molecule has 0 aliphatic heterocycles. The maximum atomic E-state index is 5.97. The van der Waals surface area contributed by atoms with Gasteiger partial charge < -0.3 is 0 Å². The predicted octanol–water partition coefficient (Wildman–Crippen LogP) is 1.63. The summed E-state index contributed by atoms with van der Waals surface area (Å²) in [5.74, 6) is 0. The van der Waals surface area contributed by atoms with E-state index in [-0.39, 0.29) is 6.04 Å². The Balaban J connectivity index is 3.05. The molecular formula is C11H19NSSn. The minimum absolute atomic E-state index is 0.164. The summed E-state index contributed by atoms with van der Waals surface area (Å²) in [6.45, 7) is 4.35. The molecule has 2 N–H and O–H groups in total. The van der Waals surface area contributed by atoms with Crippen LogP contribution in [-0.4, -0.2) is 23.5 Å². The van der Waals surface area contributed by atoms with Gasteiger partial charge in [0.1, 0.15) is 0 Å². The fraction of sp³-hybridized carbons (Fsp3) is 0.455. The van der Waals surface area contributed by atoms with Gasteiger partial charge in [0, 0.05) is 0 Å². The van der Waals surface area contributed by atoms with Crippen molar-refractivity contribution < 1.29 is 0 Å². The maximum absolute atomic E-state index is 5.97.